The summed E-state index contributed by atoms with van der Waals surface area (Å²) in [6, 6.07) is 0. The Morgan fingerprint density at radius 2 is 1.93 bits per heavy atom. The van der Waals surface area contributed by atoms with Crippen LogP contribution in [-0.4, -0.2) is 55.4 Å². The molecule has 1 amide bonds. The number of nitrogens with two attached hydrogens (primary N) is 1. The highest BCUT2D eigenvalue weighted by molar-refractivity contribution is 5.69. The SMILES string of the molecule is C[N+](C)(C)CC(CC(=O)O)OC(N)=O. The molecule has 0 aromatic rings. The first-order valence-electron chi connectivity index (χ1n) is 4.19. The van der Waals surface area contributed by atoms with E-state index in [9.17, 15) is 9.59 Å². The molecule has 1 unspecified atom stereocenters. The average Bonchev–Trinajstić information content (AvgIpc) is 1.77. The minimum Gasteiger partial charge on any atom is -0.481 e. The van der Waals surface area contributed by atoms with E-state index in [0.29, 0.717) is 11.0 Å². The molecular formula is C8H17N2O4+. The summed E-state index contributed by atoms with van der Waals surface area (Å²) in [5.41, 5.74) is 4.83. The molecule has 0 rings (SSSR count). The average molecular weight is 205 g/mol. The Kier molecular flexibility index (Phi) is 4.36. The fourth-order valence-corrected chi connectivity index (χ4v) is 1.11. The molecule has 6 nitrogen and oxygen atoms in total. The third-order valence-electron chi connectivity index (χ3n) is 1.44. The van der Waals surface area contributed by atoms with Gasteiger partial charge < -0.3 is 20.1 Å². The van der Waals surface area contributed by atoms with Crippen LogP contribution in [0.4, 0.5) is 4.79 Å². The van der Waals surface area contributed by atoms with Crippen LogP contribution < -0.4 is 5.73 Å². The number of carboxylic acid groups (broad SMARTS) is 1. The predicted molar refractivity (Wildman–Crippen MR) is 49.6 cm³/mol. The second kappa shape index (κ2) is 4.80. The molecule has 0 fully saturated rings. The molecule has 14 heavy (non-hydrogen) atoms. The standard InChI is InChI=1S/C8H16N2O4/c1-10(2,3)5-6(4-7(11)12)14-8(9)13/h6H,4-5H2,1-3H3,(H2-,9,11,12,13)/p+1. The first-order valence-corrected chi connectivity index (χ1v) is 4.19. The lowest BCUT2D eigenvalue weighted by atomic mass is 10.2. The lowest BCUT2D eigenvalue weighted by Gasteiger charge is -2.27. The second-order valence-electron chi connectivity index (χ2n) is 4.13. The van der Waals surface area contributed by atoms with Gasteiger partial charge in [-0.1, -0.05) is 0 Å². The quantitative estimate of drug-likeness (QED) is 0.599. The monoisotopic (exact) mass is 205 g/mol. The Balaban J connectivity index is 4.24. The highest BCUT2D eigenvalue weighted by Crippen LogP contribution is 2.04. The maximum Gasteiger partial charge on any atom is 0.404 e. The van der Waals surface area contributed by atoms with Crippen LogP contribution in [0.3, 0.4) is 0 Å². The van der Waals surface area contributed by atoms with Crippen LogP contribution >= 0.6 is 0 Å². The first kappa shape index (κ1) is 12.7. The molecule has 0 aromatic heterocycles. The zero-order chi connectivity index (χ0) is 11.4. The van der Waals surface area contributed by atoms with Crippen LogP contribution in [-0.2, 0) is 9.53 Å². The van der Waals surface area contributed by atoms with E-state index in [1.54, 1.807) is 0 Å². The minimum atomic E-state index is -1.01. The highest BCUT2D eigenvalue weighted by atomic mass is 16.6. The molecule has 0 aliphatic rings. The van der Waals surface area contributed by atoms with Crippen molar-refractivity contribution >= 4 is 12.1 Å². The molecule has 0 spiro atoms. The minimum absolute atomic E-state index is 0.224. The van der Waals surface area contributed by atoms with Crippen molar-refractivity contribution < 1.29 is 23.9 Å². The van der Waals surface area contributed by atoms with Crippen molar-refractivity contribution in [2.24, 2.45) is 5.73 Å². The van der Waals surface area contributed by atoms with Gasteiger partial charge in [-0.3, -0.25) is 4.79 Å². The number of ether oxygens (including phenoxy) is 1. The molecule has 0 bridgehead atoms. The molecule has 0 saturated heterocycles. The molecular weight excluding hydrogens is 188 g/mol. The maximum absolute atomic E-state index is 10.5. The summed E-state index contributed by atoms with van der Waals surface area (Å²) >= 11 is 0. The molecule has 1 atom stereocenters. The number of carbonyl (C=O) groups excluding carboxylic acids is 1. The van der Waals surface area contributed by atoms with Gasteiger partial charge in [0.15, 0.2) is 6.10 Å². The molecule has 0 aliphatic heterocycles. The van der Waals surface area contributed by atoms with Crippen molar-refractivity contribution in [3.8, 4) is 0 Å². The number of quaternary nitrogens is 1. The fourth-order valence-electron chi connectivity index (χ4n) is 1.11. The molecule has 0 aromatic carbocycles. The number of hydrogen-bond donors (Lipinski definition) is 2. The summed E-state index contributed by atoms with van der Waals surface area (Å²) in [4.78, 5) is 20.9. The number of aliphatic carboxylic acids is 1. The van der Waals surface area contributed by atoms with Crippen LogP contribution in [0.25, 0.3) is 0 Å². The van der Waals surface area contributed by atoms with E-state index in [4.69, 9.17) is 10.8 Å². The van der Waals surface area contributed by atoms with E-state index < -0.39 is 18.2 Å². The first-order chi connectivity index (χ1) is 6.20. The van der Waals surface area contributed by atoms with Crippen molar-refractivity contribution in [1.29, 1.82) is 0 Å². The number of nitrogens with zero attached hydrogens (tertiary/aromatic N) is 1. The van der Waals surface area contributed by atoms with E-state index in [1.165, 1.54) is 0 Å². The van der Waals surface area contributed by atoms with Crippen LogP contribution in [0.1, 0.15) is 6.42 Å². The van der Waals surface area contributed by atoms with E-state index in [2.05, 4.69) is 4.74 Å². The topological polar surface area (TPSA) is 89.6 Å². The highest BCUT2D eigenvalue weighted by Gasteiger charge is 2.23. The summed E-state index contributed by atoms with van der Waals surface area (Å²) < 4.78 is 5.18. The number of amides is 1. The van der Waals surface area contributed by atoms with Gasteiger partial charge in [0.1, 0.15) is 6.54 Å². The molecule has 82 valence electrons. The van der Waals surface area contributed by atoms with E-state index in [0.717, 1.165) is 0 Å². The van der Waals surface area contributed by atoms with Crippen LogP contribution in [0.15, 0.2) is 0 Å². The van der Waals surface area contributed by atoms with Crippen LogP contribution in [0.5, 0.6) is 0 Å². The number of carboxylic acids is 1. The maximum atomic E-state index is 10.5. The lowest BCUT2D eigenvalue weighted by molar-refractivity contribution is -0.873. The molecule has 0 saturated carbocycles. The fraction of sp³-hybridized carbons (Fsp3) is 0.750. The van der Waals surface area contributed by atoms with Gasteiger partial charge in [0.2, 0.25) is 0 Å². The lowest BCUT2D eigenvalue weighted by Crippen LogP contribution is -2.44. The number of rotatable bonds is 5. The normalized spacial score (nSPS) is 13.4. The Hall–Kier alpha value is -1.30. The van der Waals surface area contributed by atoms with Crippen molar-refractivity contribution in [3.05, 3.63) is 0 Å². The summed E-state index contributed by atoms with van der Waals surface area (Å²) in [5, 5.41) is 8.55. The molecule has 6 heteroatoms. The number of hydrogen-bond acceptors (Lipinski definition) is 3. The van der Waals surface area contributed by atoms with Gasteiger partial charge in [-0.2, -0.15) is 0 Å². The zero-order valence-electron chi connectivity index (χ0n) is 8.69. The summed E-state index contributed by atoms with van der Waals surface area (Å²) in [7, 11) is 5.62. The van der Waals surface area contributed by atoms with Gasteiger partial charge in [0.25, 0.3) is 0 Å². The van der Waals surface area contributed by atoms with Crippen molar-refractivity contribution in [3.63, 3.8) is 0 Å². The van der Waals surface area contributed by atoms with Crippen molar-refractivity contribution in [2.75, 3.05) is 27.7 Å². The van der Waals surface area contributed by atoms with Crippen molar-refractivity contribution in [1.82, 2.24) is 0 Å². The molecule has 0 radical (unpaired) electrons. The van der Waals surface area contributed by atoms with Gasteiger partial charge >= 0.3 is 12.1 Å². The van der Waals surface area contributed by atoms with Gasteiger partial charge in [0, 0.05) is 0 Å². The smallest absolute Gasteiger partial charge is 0.404 e. The molecule has 0 heterocycles. The molecule has 0 aliphatic carbocycles. The largest absolute Gasteiger partial charge is 0.481 e. The van der Waals surface area contributed by atoms with E-state index in [1.807, 2.05) is 21.1 Å². The zero-order valence-corrected chi connectivity index (χ0v) is 8.69. The Labute approximate surface area is 82.8 Å². The predicted octanol–water partition coefficient (Wildman–Crippen LogP) is -0.369. The van der Waals surface area contributed by atoms with E-state index >= 15 is 0 Å². The summed E-state index contributed by atoms with van der Waals surface area (Å²) in [6.07, 6.45) is -1.84. The Morgan fingerprint density at radius 3 is 2.21 bits per heavy atom. The summed E-state index contributed by atoms with van der Waals surface area (Å²) in [5.74, 6) is -1.01. The Bertz CT molecular complexity index is 206. The van der Waals surface area contributed by atoms with Gasteiger partial charge in [-0.15, -0.1) is 0 Å². The van der Waals surface area contributed by atoms with Crippen LogP contribution in [0, 0.1) is 0 Å². The number of likely N-dealkylation sites (N-methyl/N-ethyl adjacent to an activating group) is 1. The van der Waals surface area contributed by atoms with Gasteiger partial charge in [-0.25, -0.2) is 4.79 Å². The number of carbonyl (C=O) groups is 2. The number of primary amides is 1. The van der Waals surface area contributed by atoms with Gasteiger partial charge in [0.05, 0.1) is 27.6 Å². The third-order valence-corrected chi connectivity index (χ3v) is 1.44. The Morgan fingerprint density at radius 1 is 1.43 bits per heavy atom. The van der Waals surface area contributed by atoms with Gasteiger partial charge in [-0.05, 0) is 0 Å². The van der Waals surface area contributed by atoms with E-state index in [-0.39, 0.29) is 6.42 Å². The van der Waals surface area contributed by atoms with Crippen LogP contribution in [0.2, 0.25) is 0 Å². The second-order valence-corrected chi connectivity index (χ2v) is 4.13. The molecule has 3 N–H and O–H groups in total. The summed E-state index contributed by atoms with van der Waals surface area (Å²) in [6.45, 7) is 0.412. The van der Waals surface area contributed by atoms with Crippen molar-refractivity contribution in [2.45, 2.75) is 12.5 Å². The third kappa shape index (κ3) is 7.35.